The van der Waals surface area contributed by atoms with Crippen LogP contribution in [0.2, 0.25) is 0 Å². The minimum Gasteiger partial charge on any atom is -0.478 e. The average Bonchev–Trinajstić information content (AvgIpc) is 2.04. The maximum Gasteiger partial charge on any atom is 0.328 e. The van der Waals surface area contributed by atoms with Gasteiger partial charge < -0.3 is 10.2 Å². The summed E-state index contributed by atoms with van der Waals surface area (Å²) in [4.78, 5) is 19.1. The molecule has 0 aromatic carbocycles. The van der Waals surface area contributed by atoms with Crippen LogP contribution in [0, 0.1) is 0 Å². The van der Waals surface area contributed by atoms with E-state index in [9.17, 15) is 9.59 Å². The van der Waals surface area contributed by atoms with Crippen LogP contribution >= 0.6 is 0 Å². The van der Waals surface area contributed by atoms with Gasteiger partial charge in [-0.3, -0.25) is 0 Å². The van der Waals surface area contributed by atoms with Crippen molar-refractivity contribution in [1.82, 2.24) is 0 Å². The van der Waals surface area contributed by atoms with Crippen molar-refractivity contribution >= 4 is 11.9 Å². The van der Waals surface area contributed by atoms with Gasteiger partial charge >= 0.3 is 11.9 Å². The normalized spacial score (nSPS) is 7.29. The van der Waals surface area contributed by atoms with Gasteiger partial charge in [-0.25, -0.2) is 9.59 Å². The quantitative estimate of drug-likeness (QED) is 0.528. The topological polar surface area (TPSA) is 74.6 Å². The zero-order chi connectivity index (χ0) is 12.0. The minimum absolute atomic E-state index is 0.558. The van der Waals surface area contributed by atoms with Crippen molar-refractivity contribution in [2.24, 2.45) is 0 Å². The Morgan fingerprint density at radius 1 is 0.929 bits per heavy atom. The molecule has 0 spiro atoms. The molecule has 4 heteroatoms. The Balaban J connectivity index is -0.000000168. The first-order valence-corrected chi connectivity index (χ1v) is 3.74. The summed E-state index contributed by atoms with van der Waals surface area (Å²) >= 11 is 0. The second-order valence-electron chi connectivity index (χ2n) is 1.83. The fraction of sp³-hybridized carbons (Fsp3) is 0.200. The van der Waals surface area contributed by atoms with Crippen molar-refractivity contribution in [2.75, 3.05) is 0 Å². The van der Waals surface area contributed by atoms with Gasteiger partial charge in [0.05, 0.1) is 0 Å². The molecule has 4 nitrogen and oxygen atoms in total. The molecule has 0 heterocycles. The summed E-state index contributed by atoms with van der Waals surface area (Å²) in [6.45, 7) is 10.5. The van der Waals surface area contributed by atoms with E-state index in [4.69, 9.17) is 10.2 Å². The van der Waals surface area contributed by atoms with Crippen molar-refractivity contribution in [3.63, 3.8) is 0 Å². The van der Waals surface area contributed by atoms with Gasteiger partial charge in [0.1, 0.15) is 0 Å². The summed E-state index contributed by atoms with van der Waals surface area (Å²) in [5.41, 5.74) is 0. The fourth-order valence-electron chi connectivity index (χ4n) is 0.143. The molecular formula is C10H16O4. The van der Waals surface area contributed by atoms with Crippen LogP contribution < -0.4 is 0 Å². The van der Waals surface area contributed by atoms with Gasteiger partial charge in [0, 0.05) is 12.2 Å². The van der Waals surface area contributed by atoms with Crippen LogP contribution in [0.15, 0.2) is 37.5 Å². The van der Waals surface area contributed by atoms with Crippen LogP contribution in [-0.2, 0) is 9.59 Å². The molecule has 0 bridgehead atoms. The minimum atomic E-state index is -1.26. The summed E-state index contributed by atoms with van der Waals surface area (Å²) in [5, 5.41) is 15.6. The molecule has 0 saturated carbocycles. The average molecular weight is 200 g/mol. The second-order valence-corrected chi connectivity index (χ2v) is 1.83. The third kappa shape index (κ3) is 85.4. The summed E-state index contributed by atoms with van der Waals surface area (Å²) in [5.74, 6) is -2.51. The highest BCUT2D eigenvalue weighted by atomic mass is 16.4. The molecule has 0 radical (unpaired) electrons. The van der Waals surface area contributed by atoms with Crippen LogP contribution in [-0.4, -0.2) is 22.2 Å². The molecule has 0 unspecified atom stereocenters. The zero-order valence-corrected chi connectivity index (χ0v) is 8.43. The van der Waals surface area contributed by atoms with Crippen molar-refractivity contribution < 1.29 is 19.8 Å². The molecule has 0 aliphatic heterocycles. The van der Waals surface area contributed by atoms with Gasteiger partial charge in [0.2, 0.25) is 0 Å². The number of allylic oxidation sites excluding steroid dienone is 2. The maximum atomic E-state index is 9.55. The van der Waals surface area contributed by atoms with Crippen LogP contribution in [0.3, 0.4) is 0 Å². The van der Waals surface area contributed by atoms with Gasteiger partial charge in [-0.2, -0.15) is 0 Å². The second kappa shape index (κ2) is 17.3. The molecule has 14 heavy (non-hydrogen) atoms. The number of carbonyl (C=O) groups is 2. The largest absolute Gasteiger partial charge is 0.478 e. The molecule has 0 rings (SSSR count). The third-order valence-corrected chi connectivity index (χ3v) is 0.368. The van der Waals surface area contributed by atoms with Crippen molar-refractivity contribution in [2.45, 2.75) is 13.8 Å². The smallest absolute Gasteiger partial charge is 0.328 e. The lowest BCUT2D eigenvalue weighted by molar-refractivity contribution is -0.134. The molecule has 0 atom stereocenters. The third-order valence-electron chi connectivity index (χ3n) is 0.368. The number of hydrogen-bond acceptors (Lipinski definition) is 2. The SMILES string of the molecule is C=CC.C=CC.O=C(O)/C=C/C(=O)O. The lowest BCUT2D eigenvalue weighted by Gasteiger charge is -1.74. The van der Waals surface area contributed by atoms with E-state index in [1.807, 2.05) is 13.8 Å². The number of aliphatic carboxylic acids is 2. The standard InChI is InChI=1S/C4H4O4.2C3H6/c5-3(6)1-2-4(7)8;2*1-3-2/h1-2H,(H,5,6)(H,7,8);2*3H,1H2,2H3/b2-1+;;. The molecule has 80 valence electrons. The first-order valence-electron chi connectivity index (χ1n) is 3.74. The van der Waals surface area contributed by atoms with Gasteiger partial charge in [-0.05, 0) is 13.8 Å². The maximum absolute atomic E-state index is 9.55. The van der Waals surface area contributed by atoms with E-state index in [2.05, 4.69) is 13.2 Å². The van der Waals surface area contributed by atoms with Crippen LogP contribution in [0.25, 0.3) is 0 Å². The number of carboxylic acid groups (broad SMARTS) is 2. The number of rotatable bonds is 2. The molecular weight excluding hydrogens is 184 g/mol. The van der Waals surface area contributed by atoms with Gasteiger partial charge in [-0.1, -0.05) is 12.2 Å². The first kappa shape index (κ1) is 18.0. The zero-order valence-electron chi connectivity index (χ0n) is 8.43. The van der Waals surface area contributed by atoms with Crippen LogP contribution in [0.4, 0.5) is 0 Å². The Morgan fingerprint density at radius 3 is 1.14 bits per heavy atom. The highest BCUT2D eigenvalue weighted by Gasteiger charge is 1.88. The van der Waals surface area contributed by atoms with Crippen LogP contribution in [0.1, 0.15) is 13.8 Å². The summed E-state index contributed by atoms with van der Waals surface area (Å²) < 4.78 is 0. The van der Waals surface area contributed by atoms with E-state index in [1.165, 1.54) is 0 Å². The fourth-order valence-corrected chi connectivity index (χ4v) is 0.143. The number of hydrogen-bond donors (Lipinski definition) is 2. The highest BCUT2D eigenvalue weighted by molar-refractivity contribution is 5.89. The predicted octanol–water partition coefficient (Wildman–Crippen LogP) is 2.10. The van der Waals surface area contributed by atoms with E-state index in [1.54, 1.807) is 12.2 Å². The van der Waals surface area contributed by atoms with Crippen molar-refractivity contribution in [1.29, 1.82) is 0 Å². The molecule has 0 saturated heterocycles. The molecule has 0 aliphatic carbocycles. The Kier molecular flexibility index (Phi) is 22.3. The summed E-state index contributed by atoms with van der Waals surface area (Å²) in [6, 6.07) is 0. The Morgan fingerprint density at radius 2 is 1.07 bits per heavy atom. The highest BCUT2D eigenvalue weighted by Crippen LogP contribution is 1.70. The molecule has 2 N–H and O–H groups in total. The van der Waals surface area contributed by atoms with Crippen molar-refractivity contribution in [3.8, 4) is 0 Å². The Bertz CT molecular complexity index is 182. The van der Waals surface area contributed by atoms with E-state index < -0.39 is 11.9 Å². The summed E-state index contributed by atoms with van der Waals surface area (Å²) in [6.07, 6.45) is 4.62. The lowest BCUT2D eigenvalue weighted by atomic mass is 10.5. The molecule has 0 aromatic heterocycles. The van der Waals surface area contributed by atoms with Crippen molar-refractivity contribution in [3.05, 3.63) is 37.5 Å². The van der Waals surface area contributed by atoms with Gasteiger partial charge in [0.25, 0.3) is 0 Å². The molecule has 0 fully saturated rings. The van der Waals surface area contributed by atoms with E-state index >= 15 is 0 Å². The van der Waals surface area contributed by atoms with Gasteiger partial charge in [-0.15, -0.1) is 13.2 Å². The van der Waals surface area contributed by atoms with E-state index in [0.29, 0.717) is 12.2 Å². The molecule has 0 aliphatic rings. The van der Waals surface area contributed by atoms with E-state index in [-0.39, 0.29) is 0 Å². The Labute approximate surface area is 83.9 Å². The number of carboxylic acids is 2. The molecule has 0 amide bonds. The summed E-state index contributed by atoms with van der Waals surface area (Å²) in [7, 11) is 0. The monoisotopic (exact) mass is 200 g/mol. The van der Waals surface area contributed by atoms with Crippen LogP contribution in [0.5, 0.6) is 0 Å². The lowest BCUT2D eigenvalue weighted by Crippen LogP contribution is -1.91. The predicted molar refractivity (Wildman–Crippen MR) is 56.2 cm³/mol. The first-order chi connectivity index (χ1) is 6.45. The molecule has 0 aromatic rings. The van der Waals surface area contributed by atoms with E-state index in [0.717, 1.165) is 0 Å². The van der Waals surface area contributed by atoms with Gasteiger partial charge in [0.15, 0.2) is 0 Å². The Hall–Kier alpha value is -1.84.